The Morgan fingerprint density at radius 3 is 1.55 bits per heavy atom. The molecule has 12 rings (SSSR count). The molecule has 0 fully saturated rings. The minimum atomic E-state index is -0.457. The summed E-state index contributed by atoms with van der Waals surface area (Å²) in [4.78, 5) is 2.46. The normalized spacial score (nSPS) is 12.5. The van der Waals surface area contributed by atoms with Gasteiger partial charge < -0.3 is 4.90 Å². The summed E-state index contributed by atoms with van der Waals surface area (Å²) >= 11 is 0. The monoisotopic (exact) mass is 813 g/mol. The molecule has 0 atom stereocenters. The number of fused-ring (bicyclic) bond motifs is 5. The first-order valence-corrected chi connectivity index (χ1v) is 22.2. The Morgan fingerprint density at radius 1 is 0.281 bits per heavy atom. The maximum absolute atomic E-state index is 2.46. The molecular formula is C63H43N. The lowest BCUT2D eigenvalue weighted by Crippen LogP contribution is -2.28. The van der Waals surface area contributed by atoms with Crippen molar-refractivity contribution in [1.82, 2.24) is 0 Å². The third-order valence-electron chi connectivity index (χ3n) is 13.3. The van der Waals surface area contributed by atoms with Gasteiger partial charge in [-0.3, -0.25) is 0 Å². The fourth-order valence-corrected chi connectivity index (χ4v) is 10.6. The number of nitrogens with zero attached hydrogens (tertiary/aromatic N) is 1. The molecule has 1 aliphatic carbocycles. The molecule has 0 heterocycles. The molecule has 0 saturated carbocycles. The maximum Gasteiger partial charge on any atom is 0.0713 e. The molecular weight excluding hydrogens is 771 g/mol. The minimum absolute atomic E-state index is 0.457. The second-order valence-corrected chi connectivity index (χ2v) is 16.8. The molecule has 0 aromatic heterocycles. The predicted octanol–water partition coefficient (Wildman–Crippen LogP) is 16.8. The van der Waals surface area contributed by atoms with Crippen molar-refractivity contribution in [1.29, 1.82) is 0 Å². The van der Waals surface area contributed by atoms with E-state index in [9.17, 15) is 0 Å². The Kier molecular flexibility index (Phi) is 9.13. The highest BCUT2D eigenvalue weighted by atomic mass is 15.1. The van der Waals surface area contributed by atoms with Crippen LogP contribution in [0.4, 0.5) is 17.1 Å². The lowest BCUT2D eigenvalue weighted by molar-refractivity contribution is 0.769. The van der Waals surface area contributed by atoms with E-state index in [1.54, 1.807) is 0 Å². The third-order valence-corrected chi connectivity index (χ3v) is 13.3. The largest absolute Gasteiger partial charge is 0.309 e. The molecule has 64 heavy (non-hydrogen) atoms. The highest BCUT2D eigenvalue weighted by Gasteiger charge is 2.46. The molecule has 0 amide bonds. The summed E-state index contributed by atoms with van der Waals surface area (Å²) in [5.41, 5.74) is 17.8. The predicted molar refractivity (Wildman–Crippen MR) is 270 cm³/mol. The molecule has 1 nitrogen and oxygen atoms in total. The first-order valence-electron chi connectivity index (χ1n) is 22.2. The van der Waals surface area contributed by atoms with Gasteiger partial charge in [0, 0.05) is 16.6 Å². The smallest absolute Gasteiger partial charge is 0.0713 e. The zero-order chi connectivity index (χ0) is 42.5. The molecule has 0 saturated heterocycles. The quantitative estimate of drug-likeness (QED) is 0.148. The van der Waals surface area contributed by atoms with Crippen molar-refractivity contribution in [3.05, 3.63) is 283 Å². The van der Waals surface area contributed by atoms with Gasteiger partial charge in [0.15, 0.2) is 0 Å². The van der Waals surface area contributed by atoms with E-state index in [0.717, 1.165) is 17.1 Å². The molecule has 0 unspecified atom stereocenters. The average Bonchev–Trinajstić information content (AvgIpc) is 3.68. The van der Waals surface area contributed by atoms with Crippen LogP contribution in [0.5, 0.6) is 0 Å². The number of anilines is 3. The van der Waals surface area contributed by atoms with Crippen molar-refractivity contribution >= 4 is 38.6 Å². The van der Waals surface area contributed by atoms with Crippen molar-refractivity contribution in [3.8, 4) is 44.5 Å². The van der Waals surface area contributed by atoms with Crippen LogP contribution < -0.4 is 4.90 Å². The molecule has 11 aromatic carbocycles. The summed E-state index contributed by atoms with van der Waals surface area (Å²) in [6, 6.07) is 95.8. The first-order chi connectivity index (χ1) is 31.8. The van der Waals surface area contributed by atoms with Gasteiger partial charge in [-0.15, -0.1) is 0 Å². The van der Waals surface area contributed by atoms with Gasteiger partial charge in [-0.25, -0.2) is 0 Å². The standard InChI is InChI=1S/C63H43N/c1-4-19-46(20-5-1)53-32-16-23-47-24-17-33-57(62(47)53)56-31-13-15-35-61(56)64(60-36-18-22-45-21-10-11-29-52(45)60)51-40-37-44(38-41-51)48-39-42-55-54-30-12-14-34-58(54)63(59(55)43-48,49-25-6-2-7-26-49)50-27-8-3-9-28-50/h1-43H. The summed E-state index contributed by atoms with van der Waals surface area (Å²) in [5.74, 6) is 0. The molecule has 1 aliphatic rings. The SMILES string of the molecule is c1ccc(-c2cccc3cccc(-c4ccccc4N(c4ccc(-c5ccc6c(c5)C(c5ccccc5)(c5ccccc5)c5ccccc5-6)cc4)c4cccc5ccccc45)c23)cc1. The zero-order valence-corrected chi connectivity index (χ0v) is 35.3. The lowest BCUT2D eigenvalue weighted by Gasteiger charge is -2.34. The highest BCUT2D eigenvalue weighted by Crippen LogP contribution is 2.57. The fourth-order valence-electron chi connectivity index (χ4n) is 10.6. The zero-order valence-electron chi connectivity index (χ0n) is 35.3. The van der Waals surface area contributed by atoms with Crippen molar-refractivity contribution in [3.63, 3.8) is 0 Å². The number of rotatable bonds is 8. The van der Waals surface area contributed by atoms with Crippen molar-refractivity contribution in [2.45, 2.75) is 5.41 Å². The molecule has 300 valence electrons. The number of benzene rings is 11. The van der Waals surface area contributed by atoms with Crippen LogP contribution in [-0.2, 0) is 5.41 Å². The van der Waals surface area contributed by atoms with Crippen LogP contribution in [0.3, 0.4) is 0 Å². The second-order valence-electron chi connectivity index (χ2n) is 16.8. The van der Waals surface area contributed by atoms with E-state index in [1.807, 2.05) is 0 Å². The molecule has 0 aliphatic heterocycles. The van der Waals surface area contributed by atoms with Crippen LogP contribution >= 0.6 is 0 Å². The summed E-state index contributed by atoms with van der Waals surface area (Å²) in [6.45, 7) is 0. The fraction of sp³-hybridized carbons (Fsp3) is 0.0159. The van der Waals surface area contributed by atoms with E-state index in [0.29, 0.717) is 0 Å². The van der Waals surface area contributed by atoms with Crippen LogP contribution in [0, 0.1) is 0 Å². The Labute approximate surface area is 374 Å². The van der Waals surface area contributed by atoms with Crippen LogP contribution in [0.25, 0.3) is 66.1 Å². The topological polar surface area (TPSA) is 3.24 Å². The van der Waals surface area contributed by atoms with E-state index < -0.39 is 5.41 Å². The van der Waals surface area contributed by atoms with E-state index in [2.05, 4.69) is 266 Å². The van der Waals surface area contributed by atoms with E-state index >= 15 is 0 Å². The van der Waals surface area contributed by atoms with Gasteiger partial charge in [0.2, 0.25) is 0 Å². The van der Waals surface area contributed by atoms with Gasteiger partial charge in [0.25, 0.3) is 0 Å². The van der Waals surface area contributed by atoms with Crippen LogP contribution in [0.1, 0.15) is 22.3 Å². The third kappa shape index (κ3) is 6.01. The first kappa shape index (κ1) is 37.5. The molecule has 0 bridgehead atoms. The van der Waals surface area contributed by atoms with Crippen molar-refractivity contribution < 1.29 is 0 Å². The summed E-state index contributed by atoms with van der Waals surface area (Å²) in [7, 11) is 0. The Balaban J connectivity index is 1.03. The summed E-state index contributed by atoms with van der Waals surface area (Å²) in [6.07, 6.45) is 0. The number of hydrogen-bond acceptors (Lipinski definition) is 1. The van der Waals surface area contributed by atoms with Gasteiger partial charge in [0.1, 0.15) is 0 Å². The lowest BCUT2D eigenvalue weighted by atomic mass is 9.67. The Morgan fingerprint density at radius 2 is 0.797 bits per heavy atom. The van der Waals surface area contributed by atoms with Gasteiger partial charge in [-0.05, 0) is 108 Å². The highest BCUT2D eigenvalue weighted by molar-refractivity contribution is 6.10. The Hall–Kier alpha value is -8.26. The van der Waals surface area contributed by atoms with Gasteiger partial charge in [-0.2, -0.15) is 0 Å². The Bertz CT molecular complexity index is 3430. The van der Waals surface area contributed by atoms with E-state index in [1.165, 1.54) is 88.3 Å². The maximum atomic E-state index is 2.46. The van der Waals surface area contributed by atoms with Crippen LogP contribution in [0.15, 0.2) is 261 Å². The summed E-state index contributed by atoms with van der Waals surface area (Å²) in [5, 5.41) is 4.87. The van der Waals surface area contributed by atoms with Gasteiger partial charge in [0.05, 0.1) is 16.8 Å². The van der Waals surface area contributed by atoms with E-state index in [-0.39, 0.29) is 0 Å². The van der Waals surface area contributed by atoms with Crippen LogP contribution in [0.2, 0.25) is 0 Å². The van der Waals surface area contributed by atoms with Crippen molar-refractivity contribution in [2.75, 3.05) is 4.90 Å². The van der Waals surface area contributed by atoms with Gasteiger partial charge >= 0.3 is 0 Å². The summed E-state index contributed by atoms with van der Waals surface area (Å²) < 4.78 is 0. The molecule has 0 radical (unpaired) electrons. The number of hydrogen-bond donors (Lipinski definition) is 0. The molecule has 11 aromatic rings. The molecule has 0 N–H and O–H groups in total. The van der Waals surface area contributed by atoms with E-state index in [4.69, 9.17) is 0 Å². The second kappa shape index (κ2) is 15.6. The van der Waals surface area contributed by atoms with Gasteiger partial charge in [-0.1, -0.05) is 231 Å². The minimum Gasteiger partial charge on any atom is -0.309 e. The van der Waals surface area contributed by atoms with Crippen molar-refractivity contribution in [2.24, 2.45) is 0 Å². The average molecular weight is 814 g/mol. The van der Waals surface area contributed by atoms with Crippen LogP contribution in [-0.4, -0.2) is 0 Å². The molecule has 1 heteroatoms. The number of para-hydroxylation sites is 1. The molecule has 0 spiro atoms.